The lowest BCUT2D eigenvalue weighted by Crippen LogP contribution is -2.15. The fraction of sp³-hybridized carbons (Fsp3) is 0.200. The molecule has 0 atom stereocenters. The molecule has 2 heterocycles. The van der Waals surface area contributed by atoms with Crippen molar-refractivity contribution >= 4 is 11.5 Å². The van der Waals surface area contributed by atoms with Crippen molar-refractivity contribution in [3.05, 3.63) is 39.6 Å². The molecule has 10 heteroatoms. The van der Waals surface area contributed by atoms with Crippen LogP contribution in [0.1, 0.15) is 17.2 Å². The molecular formula is C10H11N7O3. The van der Waals surface area contributed by atoms with Crippen molar-refractivity contribution in [1.82, 2.24) is 19.7 Å². The zero-order chi connectivity index (χ0) is 14.9. The first-order valence-corrected chi connectivity index (χ1v) is 5.47. The normalized spacial score (nSPS) is 11.6. The highest BCUT2D eigenvalue weighted by Gasteiger charge is 2.21. The number of aromatic nitrogens is 4. The standard InChI is InChI=1S/C10H11N7O3/c1-5-13-6(2)16(14-5)10-8(17(19)20)3-7(4-12-10)9(11)15-18/h3-4,18H,1-2H3,(H2,11,15). The van der Waals surface area contributed by atoms with Gasteiger partial charge in [0, 0.05) is 17.8 Å². The Bertz CT molecular complexity index is 707. The summed E-state index contributed by atoms with van der Waals surface area (Å²) < 4.78 is 1.27. The van der Waals surface area contributed by atoms with Gasteiger partial charge < -0.3 is 10.9 Å². The SMILES string of the molecule is Cc1nc(C)n(-c2ncc(C(N)=NO)cc2[N+](=O)[O-])n1. The van der Waals surface area contributed by atoms with Gasteiger partial charge >= 0.3 is 5.69 Å². The van der Waals surface area contributed by atoms with Gasteiger partial charge in [-0.2, -0.15) is 4.68 Å². The van der Waals surface area contributed by atoms with Gasteiger partial charge in [-0.25, -0.2) is 9.97 Å². The fourth-order valence-electron chi connectivity index (χ4n) is 1.66. The van der Waals surface area contributed by atoms with E-state index in [1.807, 2.05) is 0 Å². The van der Waals surface area contributed by atoms with Crippen molar-refractivity contribution in [2.45, 2.75) is 13.8 Å². The molecule has 104 valence electrons. The summed E-state index contributed by atoms with van der Waals surface area (Å²) >= 11 is 0. The molecule has 0 saturated carbocycles. The smallest absolute Gasteiger partial charge is 0.314 e. The number of hydrogen-bond donors (Lipinski definition) is 2. The van der Waals surface area contributed by atoms with Crippen molar-refractivity contribution in [3.8, 4) is 5.82 Å². The predicted octanol–water partition coefficient (Wildman–Crippen LogP) is 0.282. The van der Waals surface area contributed by atoms with Crippen LogP contribution in [0.4, 0.5) is 5.69 Å². The third-order valence-corrected chi connectivity index (χ3v) is 2.52. The Hall–Kier alpha value is -3.04. The Labute approximate surface area is 112 Å². The molecule has 0 fully saturated rings. The second-order valence-electron chi connectivity index (χ2n) is 3.93. The minimum atomic E-state index is -0.618. The summed E-state index contributed by atoms with van der Waals surface area (Å²) in [6.45, 7) is 3.32. The Morgan fingerprint density at radius 3 is 2.75 bits per heavy atom. The summed E-state index contributed by atoms with van der Waals surface area (Å²) in [6, 6.07) is 1.16. The van der Waals surface area contributed by atoms with Gasteiger partial charge in [-0.1, -0.05) is 5.16 Å². The number of nitro groups is 1. The molecule has 2 rings (SSSR count). The molecule has 0 unspecified atom stereocenters. The maximum Gasteiger partial charge on any atom is 0.314 e. The van der Waals surface area contributed by atoms with Crippen LogP contribution in [0, 0.1) is 24.0 Å². The summed E-state index contributed by atoms with van der Waals surface area (Å²) in [5.41, 5.74) is 5.21. The second-order valence-corrected chi connectivity index (χ2v) is 3.93. The van der Waals surface area contributed by atoms with Gasteiger partial charge in [0.1, 0.15) is 11.6 Å². The summed E-state index contributed by atoms with van der Waals surface area (Å²) in [5, 5.41) is 26.6. The Morgan fingerprint density at radius 1 is 1.55 bits per heavy atom. The van der Waals surface area contributed by atoms with Crippen LogP contribution in [0.2, 0.25) is 0 Å². The van der Waals surface area contributed by atoms with Gasteiger partial charge in [0.25, 0.3) is 0 Å². The largest absolute Gasteiger partial charge is 0.409 e. The van der Waals surface area contributed by atoms with Crippen LogP contribution in [0.5, 0.6) is 0 Å². The van der Waals surface area contributed by atoms with Crippen LogP contribution in [-0.4, -0.2) is 35.7 Å². The zero-order valence-electron chi connectivity index (χ0n) is 10.7. The number of pyridine rings is 1. The maximum atomic E-state index is 11.1. The molecule has 10 nitrogen and oxygen atoms in total. The highest BCUT2D eigenvalue weighted by atomic mass is 16.6. The first-order chi connectivity index (χ1) is 9.43. The quantitative estimate of drug-likeness (QED) is 0.269. The van der Waals surface area contributed by atoms with Crippen molar-refractivity contribution in [2.24, 2.45) is 10.9 Å². The molecule has 0 bridgehead atoms. The van der Waals surface area contributed by atoms with E-state index < -0.39 is 4.92 Å². The Morgan fingerprint density at radius 2 is 2.25 bits per heavy atom. The Kier molecular flexibility index (Phi) is 3.29. The van der Waals surface area contributed by atoms with Crippen molar-refractivity contribution in [2.75, 3.05) is 0 Å². The van der Waals surface area contributed by atoms with Gasteiger partial charge in [-0.3, -0.25) is 10.1 Å². The number of oxime groups is 1. The molecule has 0 aliphatic rings. The molecular weight excluding hydrogens is 266 g/mol. The molecule has 0 amide bonds. The maximum absolute atomic E-state index is 11.1. The van der Waals surface area contributed by atoms with E-state index in [1.165, 1.54) is 10.9 Å². The molecule has 2 aromatic heterocycles. The average Bonchev–Trinajstić information content (AvgIpc) is 2.76. The minimum Gasteiger partial charge on any atom is -0.409 e. The van der Waals surface area contributed by atoms with Gasteiger partial charge in [0.2, 0.25) is 5.82 Å². The predicted molar refractivity (Wildman–Crippen MR) is 67.8 cm³/mol. The molecule has 0 saturated heterocycles. The summed E-state index contributed by atoms with van der Waals surface area (Å²) in [7, 11) is 0. The van der Waals surface area contributed by atoms with E-state index in [-0.39, 0.29) is 22.9 Å². The van der Waals surface area contributed by atoms with E-state index in [4.69, 9.17) is 10.9 Å². The Balaban J connectivity index is 2.65. The molecule has 20 heavy (non-hydrogen) atoms. The van der Waals surface area contributed by atoms with Crippen LogP contribution in [0.15, 0.2) is 17.4 Å². The van der Waals surface area contributed by atoms with Crippen molar-refractivity contribution in [3.63, 3.8) is 0 Å². The number of hydrogen-bond acceptors (Lipinski definition) is 7. The van der Waals surface area contributed by atoms with Crippen molar-refractivity contribution < 1.29 is 10.1 Å². The number of nitrogens with zero attached hydrogens (tertiary/aromatic N) is 6. The summed E-state index contributed by atoms with van der Waals surface area (Å²) in [4.78, 5) is 18.5. The van der Waals surface area contributed by atoms with E-state index in [0.717, 1.165) is 6.07 Å². The van der Waals surface area contributed by atoms with E-state index in [9.17, 15) is 10.1 Å². The molecule has 2 aromatic rings. The van der Waals surface area contributed by atoms with Crippen LogP contribution >= 0.6 is 0 Å². The average molecular weight is 277 g/mol. The van der Waals surface area contributed by atoms with E-state index >= 15 is 0 Å². The molecule has 0 aliphatic heterocycles. The number of amidine groups is 1. The third kappa shape index (κ3) is 2.25. The van der Waals surface area contributed by atoms with Crippen LogP contribution in [0.25, 0.3) is 5.82 Å². The second kappa shape index (κ2) is 4.91. The van der Waals surface area contributed by atoms with Crippen LogP contribution < -0.4 is 5.73 Å². The lowest BCUT2D eigenvalue weighted by molar-refractivity contribution is -0.385. The van der Waals surface area contributed by atoms with E-state index in [0.29, 0.717) is 11.6 Å². The highest BCUT2D eigenvalue weighted by molar-refractivity contribution is 5.97. The molecule has 0 radical (unpaired) electrons. The lowest BCUT2D eigenvalue weighted by atomic mass is 10.2. The zero-order valence-corrected chi connectivity index (χ0v) is 10.7. The minimum absolute atomic E-state index is 0.0163. The fourth-order valence-corrected chi connectivity index (χ4v) is 1.66. The third-order valence-electron chi connectivity index (χ3n) is 2.52. The van der Waals surface area contributed by atoms with Crippen molar-refractivity contribution in [1.29, 1.82) is 0 Å². The molecule has 3 N–H and O–H groups in total. The molecule has 0 spiro atoms. The van der Waals surface area contributed by atoms with E-state index in [2.05, 4.69) is 20.2 Å². The van der Waals surface area contributed by atoms with Crippen LogP contribution in [-0.2, 0) is 0 Å². The van der Waals surface area contributed by atoms with Gasteiger partial charge in [0.15, 0.2) is 5.84 Å². The molecule has 0 aliphatic carbocycles. The topological polar surface area (TPSA) is 145 Å². The monoisotopic (exact) mass is 277 g/mol. The van der Waals surface area contributed by atoms with Gasteiger partial charge in [-0.15, -0.1) is 5.10 Å². The van der Waals surface area contributed by atoms with Crippen LogP contribution in [0.3, 0.4) is 0 Å². The number of aryl methyl sites for hydroxylation is 2. The first kappa shape index (κ1) is 13.4. The lowest BCUT2D eigenvalue weighted by Gasteiger charge is -2.05. The number of rotatable bonds is 3. The summed E-state index contributed by atoms with van der Waals surface area (Å²) in [5.74, 6) is 0.690. The summed E-state index contributed by atoms with van der Waals surface area (Å²) in [6.07, 6.45) is 1.26. The number of nitrogens with two attached hydrogens (primary N) is 1. The van der Waals surface area contributed by atoms with E-state index in [1.54, 1.807) is 13.8 Å². The molecule has 0 aromatic carbocycles. The highest BCUT2D eigenvalue weighted by Crippen LogP contribution is 2.22. The first-order valence-electron chi connectivity index (χ1n) is 5.47. The van der Waals surface area contributed by atoms with Gasteiger partial charge in [-0.05, 0) is 13.8 Å². The van der Waals surface area contributed by atoms with Gasteiger partial charge in [0.05, 0.1) is 4.92 Å².